The maximum Gasteiger partial charge on any atom is 0.169 e. The number of methoxy groups -OCH3 is 1. The number of likely N-dealkylation sites (N-methyl/N-ethyl adjacent to an activating group) is 1. The van der Waals surface area contributed by atoms with Crippen LogP contribution in [0.2, 0.25) is 0 Å². The summed E-state index contributed by atoms with van der Waals surface area (Å²) in [5.41, 5.74) is 0.311. The Kier molecular flexibility index (Phi) is 4.56. The summed E-state index contributed by atoms with van der Waals surface area (Å²) in [6, 6.07) is 6.76. The highest BCUT2D eigenvalue weighted by molar-refractivity contribution is 5.78. The van der Waals surface area contributed by atoms with Gasteiger partial charge in [0.1, 0.15) is 5.76 Å². The van der Waals surface area contributed by atoms with Crippen LogP contribution in [0.5, 0.6) is 0 Å². The molecule has 0 radical (unpaired) electrons. The van der Waals surface area contributed by atoms with Gasteiger partial charge in [-0.3, -0.25) is 0 Å². The van der Waals surface area contributed by atoms with E-state index in [0.717, 1.165) is 24.1 Å². The number of hydrogen-bond donors (Lipinski definition) is 1. The maximum absolute atomic E-state index is 13.7. The molecule has 1 N–H and O–H groups in total. The minimum atomic E-state index is -0.329. The minimum absolute atomic E-state index is 0.00331. The van der Waals surface area contributed by atoms with E-state index in [1.807, 2.05) is 19.1 Å². The topological polar surface area (TPSA) is 34.4 Å². The Labute approximate surface area is 112 Å². The number of furan rings is 1. The summed E-state index contributed by atoms with van der Waals surface area (Å²) in [6.45, 7) is 4.88. The van der Waals surface area contributed by atoms with E-state index in [2.05, 4.69) is 12.2 Å². The molecule has 1 aromatic carbocycles. The highest BCUT2D eigenvalue weighted by atomic mass is 19.1. The molecule has 2 unspecified atom stereocenters. The molecule has 0 amide bonds. The van der Waals surface area contributed by atoms with E-state index < -0.39 is 0 Å². The van der Waals surface area contributed by atoms with Crippen molar-refractivity contribution >= 4 is 11.0 Å². The Morgan fingerprint density at radius 3 is 2.74 bits per heavy atom. The molecule has 2 rings (SSSR count). The summed E-state index contributed by atoms with van der Waals surface area (Å²) >= 11 is 0. The Bertz CT molecular complexity index is 534. The zero-order chi connectivity index (χ0) is 13.8. The highest BCUT2D eigenvalue weighted by Gasteiger charge is 2.24. The molecule has 0 aliphatic carbocycles. The fraction of sp³-hybridized carbons (Fsp3) is 0.467. The molecule has 0 saturated carbocycles. The molecule has 19 heavy (non-hydrogen) atoms. The molecule has 2 aromatic rings. The summed E-state index contributed by atoms with van der Waals surface area (Å²) in [5, 5.41) is 4.12. The van der Waals surface area contributed by atoms with Gasteiger partial charge >= 0.3 is 0 Å². The smallest absolute Gasteiger partial charge is 0.169 e. The monoisotopic (exact) mass is 265 g/mol. The van der Waals surface area contributed by atoms with Crippen LogP contribution in [0, 0.1) is 5.82 Å². The Morgan fingerprint density at radius 1 is 1.37 bits per heavy atom. The molecule has 0 bridgehead atoms. The van der Waals surface area contributed by atoms with E-state index in [1.54, 1.807) is 13.2 Å². The van der Waals surface area contributed by atoms with Crippen molar-refractivity contribution in [2.45, 2.75) is 32.4 Å². The second-order valence-corrected chi connectivity index (χ2v) is 4.52. The number of fused-ring (bicyclic) bond motifs is 1. The van der Waals surface area contributed by atoms with E-state index in [9.17, 15) is 4.39 Å². The molecule has 0 saturated heterocycles. The normalized spacial score (nSPS) is 14.7. The number of halogens is 1. The molecule has 2 atom stereocenters. The van der Waals surface area contributed by atoms with Gasteiger partial charge in [-0.15, -0.1) is 0 Å². The molecule has 0 fully saturated rings. The number of rotatable bonds is 6. The van der Waals surface area contributed by atoms with Crippen LogP contribution in [0.25, 0.3) is 11.0 Å². The van der Waals surface area contributed by atoms with Crippen molar-refractivity contribution in [1.29, 1.82) is 0 Å². The standard InChI is InChI=1S/C15H20FNO2/c1-4-12(18-3)14(17-5-2)13-9-10-7-6-8-11(16)15(10)19-13/h6-9,12,14,17H,4-5H2,1-3H3. The molecule has 1 aromatic heterocycles. The lowest BCUT2D eigenvalue weighted by Gasteiger charge is -2.23. The van der Waals surface area contributed by atoms with Crippen LogP contribution in [-0.2, 0) is 4.74 Å². The molecular formula is C15H20FNO2. The minimum Gasteiger partial charge on any atom is -0.456 e. The SMILES string of the molecule is CCNC(c1cc2cccc(F)c2o1)C(CC)OC. The third-order valence-corrected chi connectivity index (χ3v) is 3.32. The van der Waals surface area contributed by atoms with Gasteiger partial charge in [-0.2, -0.15) is 0 Å². The van der Waals surface area contributed by atoms with Crippen molar-refractivity contribution in [2.24, 2.45) is 0 Å². The summed E-state index contributed by atoms with van der Waals surface area (Å²) in [7, 11) is 1.68. The fourth-order valence-corrected chi connectivity index (χ4v) is 2.37. The number of hydrogen-bond acceptors (Lipinski definition) is 3. The summed E-state index contributed by atoms with van der Waals surface area (Å²) in [6.07, 6.45) is 0.858. The number of benzene rings is 1. The van der Waals surface area contributed by atoms with Crippen molar-refractivity contribution in [2.75, 3.05) is 13.7 Å². The van der Waals surface area contributed by atoms with Crippen molar-refractivity contribution in [3.05, 3.63) is 35.8 Å². The fourth-order valence-electron chi connectivity index (χ4n) is 2.37. The van der Waals surface area contributed by atoms with Crippen LogP contribution in [0.3, 0.4) is 0 Å². The van der Waals surface area contributed by atoms with E-state index in [1.165, 1.54) is 6.07 Å². The Hall–Kier alpha value is -1.39. The number of para-hydroxylation sites is 1. The predicted octanol–water partition coefficient (Wildman–Crippen LogP) is 3.65. The van der Waals surface area contributed by atoms with Crippen LogP contribution in [0.1, 0.15) is 32.1 Å². The Morgan fingerprint density at radius 2 is 2.16 bits per heavy atom. The van der Waals surface area contributed by atoms with Gasteiger partial charge in [-0.25, -0.2) is 4.39 Å². The Balaban J connectivity index is 2.41. The van der Waals surface area contributed by atoms with Crippen LogP contribution in [0.15, 0.2) is 28.7 Å². The summed E-state index contributed by atoms with van der Waals surface area (Å²) in [4.78, 5) is 0. The first-order chi connectivity index (χ1) is 9.21. The molecular weight excluding hydrogens is 245 g/mol. The molecule has 3 nitrogen and oxygen atoms in total. The molecule has 0 aliphatic rings. The lowest BCUT2D eigenvalue weighted by atomic mass is 10.1. The number of nitrogens with one attached hydrogen (secondary N) is 1. The second-order valence-electron chi connectivity index (χ2n) is 4.52. The van der Waals surface area contributed by atoms with E-state index >= 15 is 0 Å². The van der Waals surface area contributed by atoms with Crippen LogP contribution in [-0.4, -0.2) is 19.8 Å². The van der Waals surface area contributed by atoms with Gasteiger partial charge in [0.05, 0.1) is 12.1 Å². The van der Waals surface area contributed by atoms with E-state index in [-0.39, 0.29) is 18.0 Å². The first-order valence-corrected chi connectivity index (χ1v) is 6.65. The molecule has 4 heteroatoms. The van der Waals surface area contributed by atoms with Gasteiger partial charge in [0.2, 0.25) is 0 Å². The van der Waals surface area contributed by atoms with Crippen LogP contribution >= 0.6 is 0 Å². The van der Waals surface area contributed by atoms with Gasteiger partial charge in [-0.1, -0.05) is 26.0 Å². The highest BCUT2D eigenvalue weighted by Crippen LogP contribution is 2.29. The maximum atomic E-state index is 13.7. The summed E-state index contributed by atoms with van der Waals surface area (Å²) in [5.74, 6) is 0.389. The van der Waals surface area contributed by atoms with Crippen molar-refractivity contribution in [1.82, 2.24) is 5.32 Å². The quantitative estimate of drug-likeness (QED) is 0.865. The van der Waals surface area contributed by atoms with Crippen LogP contribution < -0.4 is 5.32 Å². The molecule has 104 valence electrons. The van der Waals surface area contributed by atoms with Gasteiger partial charge in [-0.05, 0) is 25.1 Å². The third kappa shape index (κ3) is 2.80. The zero-order valence-corrected chi connectivity index (χ0v) is 11.6. The number of ether oxygens (including phenoxy) is 1. The third-order valence-electron chi connectivity index (χ3n) is 3.32. The molecule has 1 heterocycles. The first kappa shape index (κ1) is 14.0. The zero-order valence-electron chi connectivity index (χ0n) is 11.6. The van der Waals surface area contributed by atoms with Gasteiger partial charge in [0.15, 0.2) is 11.4 Å². The lowest BCUT2D eigenvalue weighted by molar-refractivity contribution is 0.0590. The van der Waals surface area contributed by atoms with Crippen LogP contribution in [0.4, 0.5) is 4.39 Å². The second kappa shape index (κ2) is 6.17. The average molecular weight is 265 g/mol. The largest absolute Gasteiger partial charge is 0.456 e. The molecule has 0 spiro atoms. The van der Waals surface area contributed by atoms with Crippen molar-refractivity contribution in [3.8, 4) is 0 Å². The lowest BCUT2D eigenvalue weighted by Crippen LogP contribution is -2.32. The van der Waals surface area contributed by atoms with E-state index in [0.29, 0.717) is 5.58 Å². The first-order valence-electron chi connectivity index (χ1n) is 6.65. The van der Waals surface area contributed by atoms with Gasteiger partial charge in [0, 0.05) is 12.5 Å². The average Bonchev–Trinajstić information content (AvgIpc) is 2.84. The van der Waals surface area contributed by atoms with Gasteiger partial charge in [0.25, 0.3) is 0 Å². The summed E-state index contributed by atoms with van der Waals surface area (Å²) < 4.78 is 24.8. The van der Waals surface area contributed by atoms with E-state index in [4.69, 9.17) is 9.15 Å². The molecule has 0 aliphatic heterocycles. The van der Waals surface area contributed by atoms with Crippen molar-refractivity contribution in [3.63, 3.8) is 0 Å². The van der Waals surface area contributed by atoms with Gasteiger partial charge < -0.3 is 14.5 Å². The van der Waals surface area contributed by atoms with Crippen molar-refractivity contribution < 1.29 is 13.5 Å². The predicted molar refractivity (Wildman–Crippen MR) is 73.7 cm³/mol.